The first-order valence-corrected chi connectivity index (χ1v) is 9.76. The number of ether oxygens (including phenoxy) is 1. The zero-order chi connectivity index (χ0) is 21.3. The fourth-order valence-electron chi connectivity index (χ4n) is 3.22. The van der Waals surface area contributed by atoms with E-state index in [2.05, 4.69) is 10.6 Å². The number of imide groups is 1. The zero-order valence-corrected chi connectivity index (χ0v) is 16.9. The molecule has 0 aliphatic carbocycles. The molecule has 1 aliphatic heterocycles. The Morgan fingerprint density at radius 2 is 1.90 bits per heavy atom. The van der Waals surface area contributed by atoms with Crippen molar-refractivity contribution in [3.05, 3.63) is 54.0 Å². The standard InChI is InChI=1S/C21H26N4O5/c1-29-17-5-2-4-16(12-17)13-20(27)25-9-7-24(8-10-25)15-19(26)23-21(28)22-14-18-6-3-11-30-18/h2-6,11-12H,7-10,13-15H2,1H3,(H2,22,23,26,28). The molecule has 9 nitrogen and oxygen atoms in total. The van der Waals surface area contributed by atoms with E-state index in [-0.39, 0.29) is 24.9 Å². The van der Waals surface area contributed by atoms with Gasteiger partial charge < -0.3 is 19.4 Å². The van der Waals surface area contributed by atoms with E-state index in [0.29, 0.717) is 38.4 Å². The van der Waals surface area contributed by atoms with E-state index in [1.54, 1.807) is 24.1 Å². The Balaban J connectivity index is 1.36. The third-order valence-corrected chi connectivity index (χ3v) is 4.84. The zero-order valence-electron chi connectivity index (χ0n) is 16.9. The highest BCUT2D eigenvalue weighted by molar-refractivity contribution is 5.95. The second-order valence-electron chi connectivity index (χ2n) is 7.00. The van der Waals surface area contributed by atoms with Gasteiger partial charge in [-0.3, -0.25) is 19.8 Å². The number of methoxy groups -OCH3 is 1. The molecule has 160 valence electrons. The average Bonchev–Trinajstić information content (AvgIpc) is 3.26. The molecule has 2 aromatic rings. The number of hydrogen-bond donors (Lipinski definition) is 2. The van der Waals surface area contributed by atoms with Gasteiger partial charge in [-0.1, -0.05) is 12.1 Å². The number of rotatable bonds is 7. The van der Waals surface area contributed by atoms with Crippen molar-refractivity contribution in [1.29, 1.82) is 0 Å². The van der Waals surface area contributed by atoms with Gasteiger partial charge in [-0.2, -0.15) is 0 Å². The van der Waals surface area contributed by atoms with Crippen molar-refractivity contribution in [2.45, 2.75) is 13.0 Å². The van der Waals surface area contributed by atoms with Crippen molar-refractivity contribution in [3.63, 3.8) is 0 Å². The summed E-state index contributed by atoms with van der Waals surface area (Å²) in [5.74, 6) is 0.990. The summed E-state index contributed by atoms with van der Waals surface area (Å²) in [6.45, 7) is 2.55. The molecule has 2 N–H and O–H groups in total. The molecular weight excluding hydrogens is 388 g/mol. The van der Waals surface area contributed by atoms with Crippen molar-refractivity contribution < 1.29 is 23.5 Å². The maximum Gasteiger partial charge on any atom is 0.321 e. The summed E-state index contributed by atoms with van der Waals surface area (Å²) >= 11 is 0. The minimum atomic E-state index is -0.566. The van der Waals surface area contributed by atoms with Gasteiger partial charge in [-0.15, -0.1) is 0 Å². The molecule has 0 saturated carbocycles. The lowest BCUT2D eigenvalue weighted by Gasteiger charge is -2.34. The maximum atomic E-state index is 12.5. The molecule has 1 saturated heterocycles. The number of hydrogen-bond acceptors (Lipinski definition) is 6. The lowest BCUT2D eigenvalue weighted by molar-refractivity contribution is -0.132. The summed E-state index contributed by atoms with van der Waals surface area (Å²) in [6.07, 6.45) is 1.83. The molecule has 0 radical (unpaired) electrons. The minimum absolute atomic E-state index is 0.0460. The predicted molar refractivity (Wildman–Crippen MR) is 109 cm³/mol. The van der Waals surface area contributed by atoms with Crippen molar-refractivity contribution in [2.75, 3.05) is 39.8 Å². The largest absolute Gasteiger partial charge is 0.497 e. The minimum Gasteiger partial charge on any atom is -0.497 e. The number of benzene rings is 1. The van der Waals surface area contributed by atoms with Gasteiger partial charge in [0.05, 0.1) is 32.9 Å². The summed E-state index contributed by atoms with van der Waals surface area (Å²) in [7, 11) is 1.60. The molecule has 4 amide bonds. The van der Waals surface area contributed by atoms with Crippen LogP contribution in [-0.4, -0.2) is 67.5 Å². The van der Waals surface area contributed by atoms with Crippen LogP contribution in [0.15, 0.2) is 47.1 Å². The summed E-state index contributed by atoms with van der Waals surface area (Å²) in [6, 6.07) is 10.4. The van der Waals surface area contributed by atoms with Crippen LogP contribution in [-0.2, 0) is 22.6 Å². The monoisotopic (exact) mass is 414 g/mol. The van der Waals surface area contributed by atoms with E-state index in [1.807, 2.05) is 29.2 Å². The van der Waals surface area contributed by atoms with Crippen molar-refractivity contribution in [2.24, 2.45) is 0 Å². The van der Waals surface area contributed by atoms with Crippen LogP contribution in [0.3, 0.4) is 0 Å². The van der Waals surface area contributed by atoms with Gasteiger partial charge in [-0.05, 0) is 29.8 Å². The Labute approximate surface area is 175 Å². The summed E-state index contributed by atoms with van der Waals surface area (Å²) in [4.78, 5) is 40.1. The third kappa shape index (κ3) is 6.35. The quantitative estimate of drug-likeness (QED) is 0.701. The molecule has 30 heavy (non-hydrogen) atoms. The first-order valence-electron chi connectivity index (χ1n) is 9.76. The smallest absolute Gasteiger partial charge is 0.321 e. The van der Waals surface area contributed by atoms with E-state index in [9.17, 15) is 14.4 Å². The van der Waals surface area contributed by atoms with Crippen molar-refractivity contribution in [3.8, 4) is 5.75 Å². The molecule has 1 aromatic carbocycles. The van der Waals surface area contributed by atoms with Crippen LogP contribution in [0, 0.1) is 0 Å². The maximum absolute atomic E-state index is 12.5. The summed E-state index contributed by atoms with van der Waals surface area (Å²) in [5, 5.41) is 4.86. The molecule has 1 fully saturated rings. The van der Waals surface area contributed by atoms with Gasteiger partial charge in [0.1, 0.15) is 11.5 Å². The molecule has 0 bridgehead atoms. The average molecular weight is 414 g/mol. The highest BCUT2D eigenvalue weighted by Gasteiger charge is 2.23. The molecule has 3 rings (SSSR count). The fourth-order valence-corrected chi connectivity index (χ4v) is 3.22. The first kappa shape index (κ1) is 21.4. The number of piperazine rings is 1. The molecule has 0 unspecified atom stereocenters. The van der Waals surface area contributed by atoms with Crippen molar-refractivity contribution in [1.82, 2.24) is 20.4 Å². The lowest BCUT2D eigenvalue weighted by Crippen LogP contribution is -2.52. The normalized spacial score (nSPS) is 14.2. The Morgan fingerprint density at radius 1 is 1.10 bits per heavy atom. The fraction of sp³-hybridized carbons (Fsp3) is 0.381. The molecule has 9 heteroatoms. The van der Waals surface area contributed by atoms with E-state index in [4.69, 9.17) is 9.15 Å². The molecule has 0 spiro atoms. The Kier molecular flexibility index (Phi) is 7.45. The third-order valence-electron chi connectivity index (χ3n) is 4.84. The number of nitrogens with one attached hydrogen (secondary N) is 2. The molecule has 0 atom stereocenters. The topological polar surface area (TPSA) is 104 Å². The number of carbonyl (C=O) groups excluding carboxylic acids is 3. The molecule has 1 aromatic heterocycles. The van der Waals surface area contributed by atoms with Gasteiger partial charge in [0.15, 0.2) is 0 Å². The number of amides is 4. The first-order chi connectivity index (χ1) is 14.5. The number of furan rings is 1. The van der Waals surface area contributed by atoms with Crippen LogP contribution >= 0.6 is 0 Å². The highest BCUT2D eigenvalue weighted by Crippen LogP contribution is 2.14. The lowest BCUT2D eigenvalue weighted by atomic mass is 10.1. The van der Waals surface area contributed by atoms with Crippen LogP contribution in [0.4, 0.5) is 4.79 Å². The molecule has 1 aliphatic rings. The Hall–Kier alpha value is -3.33. The van der Waals surface area contributed by atoms with Crippen LogP contribution in [0.1, 0.15) is 11.3 Å². The summed E-state index contributed by atoms with van der Waals surface area (Å²) < 4.78 is 10.3. The van der Waals surface area contributed by atoms with Crippen LogP contribution < -0.4 is 15.4 Å². The number of carbonyl (C=O) groups is 3. The number of urea groups is 1. The van der Waals surface area contributed by atoms with Gasteiger partial charge >= 0.3 is 6.03 Å². The van der Waals surface area contributed by atoms with Crippen LogP contribution in [0.5, 0.6) is 5.75 Å². The Morgan fingerprint density at radius 3 is 2.60 bits per heavy atom. The number of nitrogens with zero attached hydrogens (tertiary/aromatic N) is 2. The van der Waals surface area contributed by atoms with Gasteiger partial charge in [0, 0.05) is 26.2 Å². The van der Waals surface area contributed by atoms with Crippen LogP contribution in [0.2, 0.25) is 0 Å². The second kappa shape index (κ2) is 10.4. The van der Waals surface area contributed by atoms with E-state index in [1.165, 1.54) is 6.26 Å². The van der Waals surface area contributed by atoms with Gasteiger partial charge in [0.25, 0.3) is 0 Å². The van der Waals surface area contributed by atoms with Gasteiger partial charge in [0.2, 0.25) is 11.8 Å². The van der Waals surface area contributed by atoms with E-state index < -0.39 is 6.03 Å². The predicted octanol–water partition coefficient (Wildman–Crippen LogP) is 1.00. The van der Waals surface area contributed by atoms with E-state index >= 15 is 0 Å². The SMILES string of the molecule is COc1cccc(CC(=O)N2CCN(CC(=O)NC(=O)NCc3ccco3)CC2)c1. The second-order valence-corrected chi connectivity index (χ2v) is 7.00. The molecule has 2 heterocycles. The highest BCUT2D eigenvalue weighted by atomic mass is 16.5. The van der Waals surface area contributed by atoms with E-state index in [0.717, 1.165) is 11.3 Å². The van der Waals surface area contributed by atoms with Crippen molar-refractivity contribution >= 4 is 17.8 Å². The van der Waals surface area contributed by atoms with Crippen LogP contribution in [0.25, 0.3) is 0 Å². The molecular formula is C21H26N4O5. The summed E-state index contributed by atoms with van der Waals surface area (Å²) in [5.41, 5.74) is 0.904. The Bertz CT molecular complexity index is 860. The van der Waals surface area contributed by atoms with Gasteiger partial charge in [-0.25, -0.2) is 4.79 Å².